The van der Waals surface area contributed by atoms with Crippen molar-refractivity contribution in [1.82, 2.24) is 9.97 Å². The molecule has 1 rings (SSSR count). The molecule has 1 atom stereocenters. The number of aromatic carboxylic acids is 1. The van der Waals surface area contributed by atoms with Crippen molar-refractivity contribution in [2.45, 2.75) is 32.7 Å². The summed E-state index contributed by atoms with van der Waals surface area (Å²) in [5, 5.41) is 11.6. The Morgan fingerprint density at radius 2 is 2.38 bits per heavy atom. The highest BCUT2D eigenvalue weighted by Gasteiger charge is 2.10. The smallest absolute Gasteiger partial charge is 0.342 e. The van der Waals surface area contributed by atoms with Crippen LogP contribution in [-0.4, -0.2) is 27.1 Å². The number of hydrogen-bond donors (Lipinski definition) is 3. The van der Waals surface area contributed by atoms with E-state index in [0.717, 1.165) is 19.0 Å². The zero-order valence-electron chi connectivity index (χ0n) is 9.28. The number of H-pyrrole nitrogens is 1. The minimum absolute atomic E-state index is 0.184. The Kier molecular flexibility index (Phi) is 4.04. The Morgan fingerprint density at radius 3 is 2.88 bits per heavy atom. The van der Waals surface area contributed by atoms with Crippen LogP contribution in [0.15, 0.2) is 11.0 Å². The Balaban J connectivity index is 2.81. The Morgan fingerprint density at radius 1 is 1.69 bits per heavy atom. The number of rotatable bonds is 5. The number of nitrogens with zero attached hydrogens (tertiary/aromatic N) is 1. The van der Waals surface area contributed by atoms with Crippen LogP contribution in [-0.2, 0) is 0 Å². The quantitative estimate of drug-likeness (QED) is 0.696. The molecule has 0 amide bonds. The largest absolute Gasteiger partial charge is 0.477 e. The van der Waals surface area contributed by atoms with E-state index in [0.29, 0.717) is 5.95 Å². The lowest BCUT2D eigenvalue weighted by Gasteiger charge is -2.12. The SMILES string of the molecule is CCCC(C)Nc1ncc(C(=O)O)c(=O)[nH]1. The fourth-order valence-corrected chi connectivity index (χ4v) is 1.36. The van der Waals surface area contributed by atoms with E-state index in [4.69, 9.17) is 5.11 Å². The van der Waals surface area contributed by atoms with Crippen LogP contribution < -0.4 is 10.9 Å². The van der Waals surface area contributed by atoms with Gasteiger partial charge in [-0.05, 0) is 13.3 Å². The second-order valence-corrected chi connectivity index (χ2v) is 3.61. The van der Waals surface area contributed by atoms with Crippen molar-refractivity contribution in [3.05, 3.63) is 22.1 Å². The van der Waals surface area contributed by atoms with Gasteiger partial charge in [-0.1, -0.05) is 13.3 Å². The van der Waals surface area contributed by atoms with E-state index in [1.165, 1.54) is 0 Å². The lowest BCUT2D eigenvalue weighted by atomic mass is 10.2. The number of carbonyl (C=O) groups is 1. The molecule has 0 spiro atoms. The van der Waals surface area contributed by atoms with Gasteiger partial charge in [0.05, 0.1) is 6.20 Å². The number of hydrogen-bond acceptors (Lipinski definition) is 4. The third-order valence-corrected chi connectivity index (χ3v) is 2.13. The van der Waals surface area contributed by atoms with Crippen LogP contribution >= 0.6 is 0 Å². The summed E-state index contributed by atoms with van der Waals surface area (Å²) in [5.41, 5.74) is -0.998. The van der Waals surface area contributed by atoms with Crippen molar-refractivity contribution >= 4 is 11.9 Å². The van der Waals surface area contributed by atoms with Gasteiger partial charge in [0.15, 0.2) is 0 Å². The molecule has 0 bridgehead atoms. The summed E-state index contributed by atoms with van der Waals surface area (Å²) in [7, 11) is 0. The predicted molar refractivity (Wildman–Crippen MR) is 59.8 cm³/mol. The highest BCUT2D eigenvalue weighted by atomic mass is 16.4. The van der Waals surface area contributed by atoms with Crippen LogP contribution in [0.3, 0.4) is 0 Å². The molecule has 0 saturated heterocycles. The number of aromatic nitrogens is 2. The van der Waals surface area contributed by atoms with Crippen molar-refractivity contribution in [2.75, 3.05) is 5.32 Å². The van der Waals surface area contributed by atoms with Crippen molar-refractivity contribution in [1.29, 1.82) is 0 Å². The first kappa shape index (κ1) is 12.2. The fourth-order valence-electron chi connectivity index (χ4n) is 1.36. The van der Waals surface area contributed by atoms with E-state index >= 15 is 0 Å². The van der Waals surface area contributed by atoms with Gasteiger partial charge >= 0.3 is 5.97 Å². The molecule has 6 heteroatoms. The normalized spacial score (nSPS) is 12.1. The summed E-state index contributed by atoms with van der Waals surface area (Å²) in [6, 6.07) is 0.184. The molecule has 16 heavy (non-hydrogen) atoms. The molecule has 6 nitrogen and oxygen atoms in total. The lowest BCUT2D eigenvalue weighted by Crippen LogP contribution is -2.23. The van der Waals surface area contributed by atoms with Gasteiger partial charge in [-0.3, -0.25) is 9.78 Å². The topological polar surface area (TPSA) is 95.1 Å². The maximum Gasteiger partial charge on any atom is 0.342 e. The van der Waals surface area contributed by atoms with Crippen molar-refractivity contribution in [3.63, 3.8) is 0 Å². The molecule has 1 unspecified atom stereocenters. The Hall–Kier alpha value is -1.85. The van der Waals surface area contributed by atoms with Crippen LogP contribution in [0.1, 0.15) is 37.0 Å². The van der Waals surface area contributed by atoms with Crippen molar-refractivity contribution in [3.8, 4) is 0 Å². The Bertz CT molecular complexity index is 428. The highest BCUT2D eigenvalue weighted by molar-refractivity contribution is 5.86. The van der Waals surface area contributed by atoms with E-state index in [1.807, 2.05) is 6.92 Å². The van der Waals surface area contributed by atoms with Gasteiger partial charge in [-0.15, -0.1) is 0 Å². The van der Waals surface area contributed by atoms with Crippen LogP contribution in [0, 0.1) is 0 Å². The molecule has 0 fully saturated rings. The Labute approximate surface area is 92.7 Å². The molecule has 1 heterocycles. The number of carboxylic acids is 1. The molecular weight excluding hydrogens is 210 g/mol. The number of aromatic amines is 1. The highest BCUT2D eigenvalue weighted by Crippen LogP contribution is 2.03. The van der Waals surface area contributed by atoms with Gasteiger partial charge in [0.25, 0.3) is 5.56 Å². The molecule has 1 aromatic rings. The maximum atomic E-state index is 11.3. The van der Waals surface area contributed by atoms with Gasteiger partial charge < -0.3 is 10.4 Å². The first-order valence-electron chi connectivity index (χ1n) is 5.13. The van der Waals surface area contributed by atoms with E-state index in [1.54, 1.807) is 0 Å². The van der Waals surface area contributed by atoms with Gasteiger partial charge in [-0.25, -0.2) is 9.78 Å². The van der Waals surface area contributed by atoms with Crippen LogP contribution in [0.4, 0.5) is 5.95 Å². The van der Waals surface area contributed by atoms with E-state index < -0.39 is 11.5 Å². The molecule has 0 aliphatic heterocycles. The van der Waals surface area contributed by atoms with E-state index in [-0.39, 0.29) is 11.6 Å². The third kappa shape index (κ3) is 3.08. The molecule has 88 valence electrons. The van der Waals surface area contributed by atoms with Crippen LogP contribution in [0.2, 0.25) is 0 Å². The minimum Gasteiger partial charge on any atom is -0.477 e. The fraction of sp³-hybridized carbons (Fsp3) is 0.500. The monoisotopic (exact) mass is 225 g/mol. The average molecular weight is 225 g/mol. The third-order valence-electron chi connectivity index (χ3n) is 2.13. The van der Waals surface area contributed by atoms with E-state index in [9.17, 15) is 9.59 Å². The first-order chi connectivity index (χ1) is 7.54. The van der Waals surface area contributed by atoms with E-state index in [2.05, 4.69) is 22.2 Å². The standard InChI is InChI=1S/C10H15N3O3/c1-3-4-6(2)12-10-11-5-7(9(15)16)8(14)13-10/h5-6H,3-4H2,1-2H3,(H,15,16)(H2,11,12,13,14). The predicted octanol–water partition coefficient (Wildman–Crippen LogP) is 1.07. The molecule has 0 aromatic carbocycles. The zero-order valence-corrected chi connectivity index (χ0v) is 9.28. The van der Waals surface area contributed by atoms with Crippen LogP contribution in [0.25, 0.3) is 0 Å². The summed E-state index contributed by atoms with van der Waals surface area (Å²) in [5.74, 6) is -0.974. The second kappa shape index (κ2) is 5.29. The number of nitrogens with one attached hydrogen (secondary N) is 2. The molecule has 0 aliphatic rings. The first-order valence-corrected chi connectivity index (χ1v) is 5.13. The summed E-state index contributed by atoms with van der Waals surface area (Å²) in [4.78, 5) is 28.1. The zero-order chi connectivity index (χ0) is 12.1. The summed E-state index contributed by atoms with van der Waals surface area (Å²) in [6.07, 6.45) is 3.03. The summed E-state index contributed by atoms with van der Waals surface area (Å²) >= 11 is 0. The van der Waals surface area contributed by atoms with Gasteiger partial charge in [0.2, 0.25) is 5.95 Å². The molecule has 0 radical (unpaired) electrons. The van der Waals surface area contributed by atoms with Crippen LogP contribution in [0.5, 0.6) is 0 Å². The van der Waals surface area contributed by atoms with Crippen molar-refractivity contribution < 1.29 is 9.90 Å². The molecule has 3 N–H and O–H groups in total. The summed E-state index contributed by atoms with van der Waals surface area (Å²) in [6.45, 7) is 4.02. The van der Waals surface area contributed by atoms with Gasteiger partial charge in [0, 0.05) is 6.04 Å². The molecule has 0 aliphatic carbocycles. The molecule has 0 saturated carbocycles. The van der Waals surface area contributed by atoms with Gasteiger partial charge in [-0.2, -0.15) is 0 Å². The maximum absolute atomic E-state index is 11.3. The molecular formula is C10H15N3O3. The lowest BCUT2D eigenvalue weighted by molar-refractivity contribution is 0.0694. The van der Waals surface area contributed by atoms with Gasteiger partial charge in [0.1, 0.15) is 5.56 Å². The number of carboxylic acid groups (broad SMARTS) is 1. The molecule has 1 aromatic heterocycles. The average Bonchev–Trinajstić information content (AvgIpc) is 2.17. The summed E-state index contributed by atoms with van der Waals surface area (Å²) < 4.78 is 0. The second-order valence-electron chi connectivity index (χ2n) is 3.61. The van der Waals surface area contributed by atoms with Crippen molar-refractivity contribution in [2.24, 2.45) is 0 Å². The minimum atomic E-state index is -1.28. The number of anilines is 1.